The molecule has 2 N–H and O–H groups in total. The van der Waals surface area contributed by atoms with E-state index in [2.05, 4.69) is 20.6 Å². The largest absolute Gasteiger partial charge is 0.493 e. The fourth-order valence-electron chi connectivity index (χ4n) is 2.80. The number of rotatable bonds is 9. The predicted octanol–water partition coefficient (Wildman–Crippen LogP) is 3.08. The Kier molecular flexibility index (Phi) is 7.00. The Morgan fingerprint density at radius 1 is 0.966 bits per heavy atom. The highest BCUT2D eigenvalue weighted by atomic mass is 16.5. The van der Waals surface area contributed by atoms with E-state index in [0.717, 1.165) is 12.0 Å². The van der Waals surface area contributed by atoms with Crippen molar-refractivity contribution in [1.29, 1.82) is 0 Å². The number of hydrogen-bond donors (Lipinski definition) is 2. The molecule has 7 nitrogen and oxygen atoms in total. The SMILES string of the molecule is COc1ccc(CNc2nccc(C(=O)NCCc3ccccc3)n2)cc1OC. The van der Waals surface area contributed by atoms with Crippen molar-refractivity contribution in [3.63, 3.8) is 0 Å². The van der Waals surface area contributed by atoms with Crippen molar-refractivity contribution in [2.75, 3.05) is 26.1 Å². The molecule has 150 valence electrons. The molecule has 0 spiro atoms. The molecular formula is C22H24N4O3. The van der Waals surface area contributed by atoms with Gasteiger partial charge >= 0.3 is 0 Å². The van der Waals surface area contributed by atoms with Crippen molar-refractivity contribution in [2.24, 2.45) is 0 Å². The molecule has 0 aliphatic heterocycles. The minimum Gasteiger partial charge on any atom is -0.493 e. The number of hydrogen-bond acceptors (Lipinski definition) is 6. The van der Waals surface area contributed by atoms with Crippen molar-refractivity contribution in [3.8, 4) is 11.5 Å². The molecule has 0 radical (unpaired) electrons. The van der Waals surface area contributed by atoms with Crippen LogP contribution in [0.5, 0.6) is 11.5 Å². The van der Waals surface area contributed by atoms with Crippen LogP contribution in [0.2, 0.25) is 0 Å². The van der Waals surface area contributed by atoms with Gasteiger partial charge in [0.1, 0.15) is 5.69 Å². The van der Waals surface area contributed by atoms with E-state index in [-0.39, 0.29) is 5.91 Å². The molecule has 1 aromatic heterocycles. The van der Waals surface area contributed by atoms with E-state index in [1.165, 1.54) is 5.56 Å². The molecule has 0 atom stereocenters. The zero-order chi connectivity index (χ0) is 20.5. The van der Waals surface area contributed by atoms with Gasteiger partial charge in [-0.25, -0.2) is 9.97 Å². The second-order valence-corrected chi connectivity index (χ2v) is 6.30. The van der Waals surface area contributed by atoms with Crippen LogP contribution in [0.3, 0.4) is 0 Å². The maximum absolute atomic E-state index is 12.4. The lowest BCUT2D eigenvalue weighted by Gasteiger charge is -2.11. The third-order valence-electron chi connectivity index (χ3n) is 4.33. The average Bonchev–Trinajstić information content (AvgIpc) is 2.78. The van der Waals surface area contributed by atoms with Gasteiger partial charge in [0, 0.05) is 19.3 Å². The quantitative estimate of drug-likeness (QED) is 0.582. The summed E-state index contributed by atoms with van der Waals surface area (Å²) in [7, 11) is 3.19. The van der Waals surface area contributed by atoms with Gasteiger partial charge in [0.25, 0.3) is 5.91 Å². The van der Waals surface area contributed by atoms with Crippen molar-refractivity contribution < 1.29 is 14.3 Å². The highest BCUT2D eigenvalue weighted by molar-refractivity contribution is 5.92. The summed E-state index contributed by atoms with van der Waals surface area (Å²) < 4.78 is 10.6. The average molecular weight is 392 g/mol. The minimum absolute atomic E-state index is 0.225. The molecular weight excluding hydrogens is 368 g/mol. The zero-order valence-electron chi connectivity index (χ0n) is 16.5. The highest BCUT2D eigenvalue weighted by Crippen LogP contribution is 2.27. The van der Waals surface area contributed by atoms with Gasteiger partial charge in [-0.3, -0.25) is 4.79 Å². The van der Waals surface area contributed by atoms with Crippen molar-refractivity contribution in [3.05, 3.63) is 77.6 Å². The van der Waals surface area contributed by atoms with Crippen LogP contribution >= 0.6 is 0 Å². The third kappa shape index (κ3) is 5.68. The number of nitrogens with one attached hydrogen (secondary N) is 2. The van der Waals surface area contributed by atoms with Crippen molar-refractivity contribution in [1.82, 2.24) is 15.3 Å². The molecule has 1 heterocycles. The Morgan fingerprint density at radius 2 is 1.76 bits per heavy atom. The number of anilines is 1. The lowest BCUT2D eigenvalue weighted by Crippen LogP contribution is -2.26. The van der Waals surface area contributed by atoms with E-state index in [1.54, 1.807) is 26.5 Å². The van der Waals surface area contributed by atoms with Crippen LogP contribution in [0.1, 0.15) is 21.6 Å². The summed E-state index contributed by atoms with van der Waals surface area (Å²) in [6.07, 6.45) is 2.33. The van der Waals surface area contributed by atoms with E-state index in [4.69, 9.17) is 9.47 Å². The van der Waals surface area contributed by atoms with E-state index in [0.29, 0.717) is 36.2 Å². The van der Waals surface area contributed by atoms with Gasteiger partial charge in [0.05, 0.1) is 14.2 Å². The summed E-state index contributed by atoms with van der Waals surface area (Å²) in [6, 6.07) is 17.3. The first-order valence-electron chi connectivity index (χ1n) is 9.29. The fourth-order valence-corrected chi connectivity index (χ4v) is 2.80. The molecule has 3 rings (SSSR count). The summed E-state index contributed by atoms with van der Waals surface area (Å²) in [5.41, 5.74) is 2.47. The topological polar surface area (TPSA) is 85.4 Å². The fraction of sp³-hybridized carbons (Fsp3) is 0.227. The normalized spacial score (nSPS) is 10.3. The molecule has 0 fully saturated rings. The zero-order valence-corrected chi connectivity index (χ0v) is 16.5. The van der Waals surface area contributed by atoms with Crippen LogP contribution in [-0.4, -0.2) is 36.6 Å². The molecule has 29 heavy (non-hydrogen) atoms. The Morgan fingerprint density at radius 3 is 2.52 bits per heavy atom. The Balaban J connectivity index is 1.55. The van der Waals surface area contributed by atoms with Gasteiger partial charge in [-0.1, -0.05) is 36.4 Å². The van der Waals surface area contributed by atoms with Gasteiger partial charge in [0.2, 0.25) is 5.95 Å². The molecule has 3 aromatic rings. The molecule has 7 heteroatoms. The third-order valence-corrected chi connectivity index (χ3v) is 4.33. The first-order chi connectivity index (χ1) is 14.2. The van der Waals surface area contributed by atoms with Gasteiger partial charge < -0.3 is 20.1 Å². The number of methoxy groups -OCH3 is 2. The maximum Gasteiger partial charge on any atom is 0.270 e. The van der Waals surface area contributed by atoms with Crippen LogP contribution < -0.4 is 20.1 Å². The molecule has 0 saturated carbocycles. The molecule has 0 unspecified atom stereocenters. The second-order valence-electron chi connectivity index (χ2n) is 6.30. The van der Waals surface area contributed by atoms with Gasteiger partial charge in [-0.15, -0.1) is 0 Å². The maximum atomic E-state index is 12.4. The highest BCUT2D eigenvalue weighted by Gasteiger charge is 2.09. The number of benzene rings is 2. The van der Waals surface area contributed by atoms with Gasteiger partial charge in [-0.2, -0.15) is 0 Å². The number of aromatic nitrogens is 2. The van der Waals surface area contributed by atoms with Gasteiger partial charge in [-0.05, 0) is 35.7 Å². The smallest absolute Gasteiger partial charge is 0.270 e. The van der Waals surface area contributed by atoms with E-state index in [9.17, 15) is 4.79 Å². The lowest BCUT2D eigenvalue weighted by molar-refractivity contribution is 0.0949. The molecule has 0 aliphatic carbocycles. The van der Waals surface area contributed by atoms with E-state index < -0.39 is 0 Å². The molecule has 0 bridgehead atoms. The lowest BCUT2D eigenvalue weighted by atomic mass is 10.1. The number of carbonyl (C=O) groups excluding carboxylic acids is 1. The number of amides is 1. The number of carbonyl (C=O) groups is 1. The van der Waals surface area contributed by atoms with Crippen LogP contribution in [-0.2, 0) is 13.0 Å². The monoisotopic (exact) mass is 392 g/mol. The first kappa shape index (κ1) is 20.1. The summed E-state index contributed by atoms with van der Waals surface area (Å²) in [5.74, 6) is 1.48. The van der Waals surface area contributed by atoms with E-state index in [1.807, 2.05) is 48.5 Å². The van der Waals surface area contributed by atoms with Crippen molar-refractivity contribution in [2.45, 2.75) is 13.0 Å². The van der Waals surface area contributed by atoms with Crippen LogP contribution in [0.4, 0.5) is 5.95 Å². The van der Waals surface area contributed by atoms with E-state index >= 15 is 0 Å². The molecule has 2 aromatic carbocycles. The molecule has 0 aliphatic rings. The van der Waals surface area contributed by atoms with Crippen LogP contribution in [0, 0.1) is 0 Å². The summed E-state index contributed by atoms with van der Waals surface area (Å²) in [5, 5.41) is 6.02. The Bertz CT molecular complexity index is 948. The first-order valence-corrected chi connectivity index (χ1v) is 9.29. The van der Waals surface area contributed by atoms with Crippen LogP contribution in [0.15, 0.2) is 60.8 Å². The molecule has 1 amide bonds. The molecule has 0 saturated heterocycles. The van der Waals surface area contributed by atoms with Gasteiger partial charge in [0.15, 0.2) is 11.5 Å². The van der Waals surface area contributed by atoms with Crippen molar-refractivity contribution >= 4 is 11.9 Å². The Hall–Kier alpha value is -3.61. The summed E-state index contributed by atoms with van der Waals surface area (Å²) >= 11 is 0. The second kappa shape index (κ2) is 10.1. The Labute approximate surface area is 170 Å². The predicted molar refractivity (Wildman–Crippen MR) is 111 cm³/mol. The minimum atomic E-state index is -0.225. The number of nitrogens with zero attached hydrogens (tertiary/aromatic N) is 2. The standard InChI is InChI=1S/C22H24N4O3/c1-28-19-9-8-17(14-20(19)29-2)15-25-22-24-13-11-18(26-22)21(27)23-12-10-16-6-4-3-5-7-16/h3-9,11,13-14H,10,12,15H2,1-2H3,(H,23,27)(H,24,25,26). The van der Waals surface area contributed by atoms with Crippen LogP contribution in [0.25, 0.3) is 0 Å². The summed E-state index contributed by atoms with van der Waals surface area (Å²) in [6.45, 7) is 1.03. The summed E-state index contributed by atoms with van der Waals surface area (Å²) in [4.78, 5) is 20.8. The number of ether oxygens (including phenoxy) is 2.